The molecule has 0 bridgehead atoms. The van der Waals surface area contributed by atoms with Crippen molar-refractivity contribution in [3.63, 3.8) is 0 Å². The zero-order valence-electron chi connectivity index (χ0n) is 7.22. The lowest BCUT2D eigenvalue weighted by atomic mass is 10.1. The number of ether oxygens (including phenoxy) is 2. The van der Waals surface area contributed by atoms with Crippen LogP contribution in [0.2, 0.25) is 0 Å². The fourth-order valence-electron chi connectivity index (χ4n) is 2.04. The summed E-state index contributed by atoms with van der Waals surface area (Å²) in [5.41, 5.74) is 0. The largest absolute Gasteiger partial charge is 0.346 e. The third kappa shape index (κ3) is 1.54. The van der Waals surface area contributed by atoms with Crippen LogP contribution in [0, 0.1) is 0 Å². The summed E-state index contributed by atoms with van der Waals surface area (Å²) < 4.78 is 11.4. The van der Waals surface area contributed by atoms with Crippen LogP contribution in [-0.4, -0.2) is 23.8 Å². The average Bonchev–Trinajstić information content (AvgIpc) is 2.45. The zero-order valence-corrected chi connectivity index (χ0v) is 8.81. The molecule has 1 spiro atoms. The van der Waals surface area contributed by atoms with Crippen LogP contribution in [0.4, 0.5) is 0 Å². The van der Waals surface area contributed by atoms with E-state index in [4.69, 9.17) is 9.47 Å². The molecule has 12 heavy (non-hydrogen) atoms. The summed E-state index contributed by atoms with van der Waals surface area (Å²) in [6.07, 6.45) is 6.09. The van der Waals surface area contributed by atoms with E-state index in [1.165, 1.54) is 25.7 Å². The van der Waals surface area contributed by atoms with E-state index in [1.54, 1.807) is 0 Å². The van der Waals surface area contributed by atoms with Gasteiger partial charge in [0.15, 0.2) is 5.79 Å². The highest BCUT2D eigenvalue weighted by atomic mass is 79.9. The Morgan fingerprint density at radius 2 is 1.83 bits per heavy atom. The number of hydrogen-bond donors (Lipinski definition) is 0. The first-order valence-corrected chi connectivity index (χ1v) is 5.67. The molecule has 0 aromatic heterocycles. The van der Waals surface area contributed by atoms with Crippen molar-refractivity contribution in [1.29, 1.82) is 0 Å². The van der Waals surface area contributed by atoms with Gasteiger partial charge in [0.25, 0.3) is 0 Å². The van der Waals surface area contributed by atoms with Crippen LogP contribution in [0.25, 0.3) is 0 Å². The minimum absolute atomic E-state index is 0.267. The highest BCUT2D eigenvalue weighted by Gasteiger charge is 2.43. The standard InChI is InChI=1S/C9H15BrO2/c10-8-4-2-1-3-5-9(8)11-6-7-12-9/h8H,1-7H2. The molecule has 1 unspecified atom stereocenters. The Kier molecular flexibility index (Phi) is 2.72. The van der Waals surface area contributed by atoms with E-state index in [2.05, 4.69) is 15.9 Å². The van der Waals surface area contributed by atoms with Crippen LogP contribution in [0.5, 0.6) is 0 Å². The second kappa shape index (κ2) is 3.64. The molecule has 0 N–H and O–H groups in total. The average molecular weight is 235 g/mol. The van der Waals surface area contributed by atoms with Crippen LogP contribution in [-0.2, 0) is 9.47 Å². The normalized spacial score (nSPS) is 35.2. The van der Waals surface area contributed by atoms with Crippen LogP contribution < -0.4 is 0 Å². The van der Waals surface area contributed by atoms with Crippen molar-refractivity contribution >= 4 is 15.9 Å². The Morgan fingerprint density at radius 1 is 1.08 bits per heavy atom. The van der Waals surface area contributed by atoms with E-state index in [-0.39, 0.29) is 5.79 Å². The van der Waals surface area contributed by atoms with Crippen molar-refractivity contribution in [1.82, 2.24) is 0 Å². The Bertz CT molecular complexity index is 155. The lowest BCUT2D eigenvalue weighted by Gasteiger charge is -2.30. The molecule has 0 radical (unpaired) electrons. The molecule has 0 aromatic carbocycles. The van der Waals surface area contributed by atoms with E-state index < -0.39 is 0 Å². The first kappa shape index (κ1) is 8.97. The summed E-state index contributed by atoms with van der Waals surface area (Å²) in [6, 6.07) is 0. The van der Waals surface area contributed by atoms with Gasteiger partial charge in [-0.2, -0.15) is 0 Å². The molecular weight excluding hydrogens is 220 g/mol. The molecule has 1 aliphatic heterocycles. The maximum absolute atomic E-state index is 5.70. The molecule has 2 rings (SSSR count). The van der Waals surface area contributed by atoms with E-state index in [0.717, 1.165) is 19.6 Å². The fourth-order valence-corrected chi connectivity index (χ4v) is 2.86. The molecule has 70 valence electrons. The van der Waals surface area contributed by atoms with Gasteiger partial charge < -0.3 is 9.47 Å². The van der Waals surface area contributed by atoms with E-state index in [0.29, 0.717) is 4.83 Å². The van der Waals surface area contributed by atoms with Gasteiger partial charge in [0.05, 0.1) is 18.0 Å². The molecule has 1 heterocycles. The Hall–Kier alpha value is 0.400. The highest BCUT2D eigenvalue weighted by molar-refractivity contribution is 9.09. The second-order valence-electron chi connectivity index (χ2n) is 3.58. The van der Waals surface area contributed by atoms with Gasteiger partial charge in [0.2, 0.25) is 0 Å². The molecule has 2 fully saturated rings. The molecule has 3 heteroatoms. The van der Waals surface area contributed by atoms with Crippen LogP contribution in [0.15, 0.2) is 0 Å². The lowest BCUT2D eigenvalue weighted by molar-refractivity contribution is -0.159. The summed E-state index contributed by atoms with van der Waals surface area (Å²) in [4.78, 5) is 0.398. The van der Waals surface area contributed by atoms with Crippen molar-refractivity contribution < 1.29 is 9.47 Å². The van der Waals surface area contributed by atoms with Crippen LogP contribution in [0.3, 0.4) is 0 Å². The third-order valence-corrected chi connectivity index (χ3v) is 3.89. The summed E-state index contributed by atoms with van der Waals surface area (Å²) >= 11 is 3.67. The van der Waals surface area contributed by atoms with E-state index in [1.807, 2.05) is 0 Å². The molecule has 1 saturated heterocycles. The van der Waals surface area contributed by atoms with Crippen molar-refractivity contribution in [2.75, 3.05) is 13.2 Å². The van der Waals surface area contributed by atoms with E-state index in [9.17, 15) is 0 Å². The fraction of sp³-hybridized carbons (Fsp3) is 1.00. The number of alkyl halides is 1. The first-order valence-electron chi connectivity index (χ1n) is 4.75. The van der Waals surface area contributed by atoms with Gasteiger partial charge >= 0.3 is 0 Å². The minimum atomic E-state index is -0.267. The Labute approximate surface area is 81.7 Å². The summed E-state index contributed by atoms with van der Waals surface area (Å²) in [7, 11) is 0. The Morgan fingerprint density at radius 3 is 2.58 bits per heavy atom. The molecule has 2 aliphatic rings. The number of hydrogen-bond acceptors (Lipinski definition) is 2. The number of halogens is 1. The highest BCUT2D eigenvalue weighted by Crippen LogP contribution is 2.38. The maximum Gasteiger partial charge on any atom is 0.180 e. The van der Waals surface area contributed by atoms with Crippen molar-refractivity contribution in [2.45, 2.75) is 42.7 Å². The monoisotopic (exact) mass is 234 g/mol. The van der Waals surface area contributed by atoms with Crippen molar-refractivity contribution in [3.8, 4) is 0 Å². The van der Waals surface area contributed by atoms with Gasteiger partial charge in [-0.05, 0) is 12.8 Å². The van der Waals surface area contributed by atoms with Crippen molar-refractivity contribution in [2.24, 2.45) is 0 Å². The van der Waals surface area contributed by atoms with Gasteiger partial charge in [0.1, 0.15) is 0 Å². The van der Waals surface area contributed by atoms with Crippen LogP contribution >= 0.6 is 15.9 Å². The minimum Gasteiger partial charge on any atom is -0.346 e. The molecule has 2 nitrogen and oxygen atoms in total. The summed E-state index contributed by atoms with van der Waals surface area (Å²) in [5, 5.41) is 0. The van der Waals surface area contributed by atoms with Gasteiger partial charge in [-0.25, -0.2) is 0 Å². The summed E-state index contributed by atoms with van der Waals surface area (Å²) in [6.45, 7) is 1.53. The predicted molar refractivity (Wildman–Crippen MR) is 50.4 cm³/mol. The van der Waals surface area contributed by atoms with Gasteiger partial charge in [-0.3, -0.25) is 0 Å². The molecule has 0 aromatic rings. The molecule has 1 atom stereocenters. The maximum atomic E-state index is 5.70. The van der Waals surface area contributed by atoms with Gasteiger partial charge in [-0.15, -0.1) is 0 Å². The SMILES string of the molecule is BrC1CCCCCC12OCCO2. The quantitative estimate of drug-likeness (QED) is 0.600. The van der Waals surface area contributed by atoms with Crippen molar-refractivity contribution in [3.05, 3.63) is 0 Å². The lowest BCUT2D eigenvalue weighted by Crippen LogP contribution is -2.38. The molecule has 0 amide bonds. The molecule has 1 saturated carbocycles. The van der Waals surface area contributed by atoms with Gasteiger partial charge in [-0.1, -0.05) is 28.8 Å². The number of rotatable bonds is 0. The molecular formula is C9H15BrO2. The molecule has 1 aliphatic carbocycles. The smallest absolute Gasteiger partial charge is 0.180 e. The second-order valence-corrected chi connectivity index (χ2v) is 4.68. The third-order valence-electron chi connectivity index (χ3n) is 2.74. The Balaban J connectivity index is 2.08. The van der Waals surface area contributed by atoms with Gasteiger partial charge in [0, 0.05) is 6.42 Å². The first-order chi connectivity index (χ1) is 5.83. The zero-order chi connectivity index (χ0) is 8.44. The predicted octanol–water partition coefficient (Wildman–Crippen LogP) is 2.46. The summed E-state index contributed by atoms with van der Waals surface area (Å²) in [5.74, 6) is -0.267. The van der Waals surface area contributed by atoms with Crippen LogP contribution in [0.1, 0.15) is 32.1 Å². The van der Waals surface area contributed by atoms with E-state index >= 15 is 0 Å². The topological polar surface area (TPSA) is 18.5 Å².